The summed E-state index contributed by atoms with van der Waals surface area (Å²) in [6.45, 7) is 0. The number of benzene rings is 7. The van der Waals surface area contributed by atoms with Gasteiger partial charge >= 0.3 is 0 Å². The van der Waals surface area contributed by atoms with Crippen LogP contribution in [-0.2, 0) is 0 Å². The first kappa shape index (κ1) is 19.1. The molecule has 0 aliphatic rings. The summed E-state index contributed by atoms with van der Waals surface area (Å²) >= 11 is 1.94. The highest BCUT2D eigenvalue weighted by Gasteiger charge is 2.17. The molecule has 1 heteroatoms. The lowest BCUT2D eigenvalue weighted by atomic mass is 9.93. The molecule has 0 spiro atoms. The van der Waals surface area contributed by atoms with Crippen LogP contribution in [0, 0.1) is 0 Å². The van der Waals surface area contributed by atoms with Gasteiger partial charge in [-0.15, -0.1) is 11.3 Å². The van der Waals surface area contributed by atoms with E-state index in [0.717, 1.165) is 0 Å². The first-order valence-corrected chi connectivity index (χ1v) is 12.9. The molecule has 1 heterocycles. The van der Waals surface area contributed by atoms with Gasteiger partial charge in [0.05, 0.1) is 0 Å². The molecule has 0 radical (unpaired) electrons. The van der Waals surface area contributed by atoms with Gasteiger partial charge in [-0.05, 0) is 43.3 Å². The van der Waals surface area contributed by atoms with Crippen LogP contribution in [0.4, 0.5) is 0 Å². The van der Waals surface area contributed by atoms with Gasteiger partial charge in [0.2, 0.25) is 0 Å². The Kier molecular flexibility index (Phi) is 3.91. The summed E-state index contributed by atoms with van der Waals surface area (Å²) in [5, 5.41) is 13.3. The highest BCUT2D eigenvalue weighted by atomic mass is 32.1. The van der Waals surface area contributed by atoms with Crippen LogP contribution in [0.15, 0.2) is 121 Å². The quantitative estimate of drug-likeness (QED) is 0.214. The van der Waals surface area contributed by atoms with Gasteiger partial charge < -0.3 is 0 Å². The van der Waals surface area contributed by atoms with E-state index in [9.17, 15) is 0 Å². The fourth-order valence-corrected chi connectivity index (χ4v) is 7.30. The van der Waals surface area contributed by atoms with Crippen molar-refractivity contribution in [2.24, 2.45) is 0 Å². The van der Waals surface area contributed by atoms with Crippen molar-refractivity contribution in [3.8, 4) is 11.1 Å². The monoisotopic (exact) mass is 460 g/mol. The molecule has 8 aromatic rings. The van der Waals surface area contributed by atoms with Gasteiger partial charge in [-0.2, -0.15) is 0 Å². The van der Waals surface area contributed by atoms with Crippen molar-refractivity contribution in [3.05, 3.63) is 121 Å². The predicted octanol–water partition coefficient (Wildman–Crippen LogP) is 10.3. The lowest BCUT2D eigenvalue weighted by Gasteiger charge is -2.10. The minimum Gasteiger partial charge on any atom is -0.134 e. The molecule has 7 aromatic carbocycles. The van der Waals surface area contributed by atoms with Crippen molar-refractivity contribution in [2.45, 2.75) is 0 Å². The van der Waals surface area contributed by atoms with E-state index in [1.807, 2.05) is 11.3 Å². The molecule has 0 atom stereocenters. The van der Waals surface area contributed by atoms with E-state index >= 15 is 0 Å². The summed E-state index contributed by atoms with van der Waals surface area (Å²) in [6, 6.07) is 44.6. The maximum Gasteiger partial charge on any atom is 0.0440 e. The van der Waals surface area contributed by atoms with Crippen molar-refractivity contribution in [2.75, 3.05) is 0 Å². The number of fused-ring (bicyclic) bond motifs is 11. The molecule has 0 bridgehead atoms. The molecule has 162 valence electrons. The van der Waals surface area contributed by atoms with Crippen molar-refractivity contribution in [3.63, 3.8) is 0 Å². The standard InChI is InChI=1S/C34H20S/c1-2-10-22-21(9-1)19-20-27-23(22)15-7-16-26(27)29-17-8-18-31-32-28-13-5-3-11-24(28)25-12-4-6-14-30(25)34(32)35-33(29)31/h1-20H. The van der Waals surface area contributed by atoms with E-state index in [4.69, 9.17) is 0 Å². The maximum absolute atomic E-state index is 2.30. The van der Waals surface area contributed by atoms with Crippen LogP contribution in [-0.4, -0.2) is 0 Å². The molecule has 0 unspecified atom stereocenters. The number of hydrogen-bond acceptors (Lipinski definition) is 1. The molecule has 35 heavy (non-hydrogen) atoms. The topological polar surface area (TPSA) is 0 Å². The highest BCUT2D eigenvalue weighted by Crippen LogP contribution is 2.47. The summed E-state index contributed by atoms with van der Waals surface area (Å²) < 4.78 is 2.75. The third-order valence-electron chi connectivity index (χ3n) is 7.45. The van der Waals surface area contributed by atoms with Crippen LogP contribution >= 0.6 is 11.3 Å². The van der Waals surface area contributed by atoms with Crippen molar-refractivity contribution < 1.29 is 0 Å². The van der Waals surface area contributed by atoms with Gasteiger partial charge in [-0.25, -0.2) is 0 Å². The number of thiophene rings is 1. The molecule has 0 aliphatic heterocycles. The molecule has 0 aliphatic carbocycles. The Bertz CT molecular complexity index is 2110. The van der Waals surface area contributed by atoms with Crippen LogP contribution in [0.1, 0.15) is 0 Å². The molecule has 1 aromatic heterocycles. The molecular formula is C34H20S. The second-order valence-electron chi connectivity index (χ2n) is 9.27. The van der Waals surface area contributed by atoms with Gasteiger partial charge in [0.25, 0.3) is 0 Å². The van der Waals surface area contributed by atoms with E-state index in [0.29, 0.717) is 0 Å². The molecule has 0 fully saturated rings. The van der Waals surface area contributed by atoms with Crippen LogP contribution in [0.25, 0.3) is 74.4 Å². The van der Waals surface area contributed by atoms with Gasteiger partial charge in [0.1, 0.15) is 0 Å². The SMILES string of the molecule is c1ccc2c(c1)ccc1c(-c3cccc4c3sc3c5ccccc5c5ccccc5c43)cccc12. The molecule has 0 N–H and O–H groups in total. The van der Waals surface area contributed by atoms with E-state index < -0.39 is 0 Å². The molecule has 0 saturated carbocycles. The second kappa shape index (κ2) is 7.15. The number of rotatable bonds is 1. The van der Waals surface area contributed by atoms with Gasteiger partial charge in [-0.3, -0.25) is 0 Å². The van der Waals surface area contributed by atoms with E-state index in [-0.39, 0.29) is 0 Å². The molecule has 0 nitrogen and oxygen atoms in total. The summed E-state index contributed by atoms with van der Waals surface area (Å²) in [4.78, 5) is 0. The smallest absolute Gasteiger partial charge is 0.0440 e. The van der Waals surface area contributed by atoms with Gasteiger partial charge in [0.15, 0.2) is 0 Å². The Hall–Kier alpha value is -4.20. The maximum atomic E-state index is 2.30. The van der Waals surface area contributed by atoms with Crippen LogP contribution in [0.2, 0.25) is 0 Å². The summed E-state index contributed by atoms with van der Waals surface area (Å²) in [7, 11) is 0. The average molecular weight is 461 g/mol. The first-order valence-electron chi connectivity index (χ1n) is 12.0. The normalized spacial score (nSPS) is 12.0. The van der Waals surface area contributed by atoms with Gasteiger partial charge in [0, 0.05) is 31.1 Å². The third kappa shape index (κ3) is 2.62. The molecule has 0 amide bonds. The molecule has 8 rings (SSSR count). The van der Waals surface area contributed by atoms with Crippen molar-refractivity contribution in [1.29, 1.82) is 0 Å². The molecule has 0 saturated heterocycles. The Morgan fingerprint density at radius 1 is 0.314 bits per heavy atom. The van der Waals surface area contributed by atoms with Crippen molar-refractivity contribution >= 4 is 74.6 Å². The average Bonchev–Trinajstić information content (AvgIpc) is 3.33. The first-order chi connectivity index (χ1) is 17.4. The summed E-state index contributed by atoms with van der Waals surface area (Å²) in [6.07, 6.45) is 0. The highest BCUT2D eigenvalue weighted by molar-refractivity contribution is 7.27. The van der Waals surface area contributed by atoms with E-state index in [1.54, 1.807) is 0 Å². The largest absolute Gasteiger partial charge is 0.134 e. The second-order valence-corrected chi connectivity index (χ2v) is 10.3. The summed E-state index contributed by atoms with van der Waals surface area (Å²) in [5.41, 5.74) is 2.62. The lowest BCUT2D eigenvalue weighted by molar-refractivity contribution is 1.73. The number of hydrogen-bond donors (Lipinski definition) is 0. The fraction of sp³-hybridized carbons (Fsp3) is 0. The van der Waals surface area contributed by atoms with Crippen LogP contribution in [0.3, 0.4) is 0 Å². The zero-order valence-corrected chi connectivity index (χ0v) is 19.8. The van der Waals surface area contributed by atoms with Crippen molar-refractivity contribution in [1.82, 2.24) is 0 Å². The lowest BCUT2D eigenvalue weighted by Crippen LogP contribution is -1.84. The fourth-order valence-electron chi connectivity index (χ4n) is 5.92. The van der Waals surface area contributed by atoms with E-state index in [1.165, 1.54) is 74.4 Å². The zero-order chi connectivity index (χ0) is 22.9. The Balaban J connectivity index is 1.55. The zero-order valence-electron chi connectivity index (χ0n) is 19.0. The Morgan fingerprint density at radius 3 is 1.71 bits per heavy atom. The predicted molar refractivity (Wildman–Crippen MR) is 155 cm³/mol. The summed E-state index contributed by atoms with van der Waals surface area (Å²) in [5.74, 6) is 0. The Labute approximate surface area is 206 Å². The van der Waals surface area contributed by atoms with Crippen LogP contribution < -0.4 is 0 Å². The Morgan fingerprint density at radius 2 is 0.886 bits per heavy atom. The van der Waals surface area contributed by atoms with E-state index in [2.05, 4.69) is 121 Å². The van der Waals surface area contributed by atoms with Crippen LogP contribution in [0.5, 0.6) is 0 Å². The minimum atomic E-state index is 1.29. The third-order valence-corrected chi connectivity index (χ3v) is 8.72. The molecular weight excluding hydrogens is 440 g/mol. The van der Waals surface area contributed by atoms with Gasteiger partial charge in [-0.1, -0.05) is 121 Å². The minimum absolute atomic E-state index is 1.29.